The van der Waals surface area contributed by atoms with Gasteiger partial charge in [0, 0.05) is 6.07 Å². The van der Waals surface area contributed by atoms with Crippen molar-refractivity contribution in [1.82, 2.24) is 0 Å². The Hall–Kier alpha value is -1.84. The molecule has 0 heterocycles. The third-order valence-electron chi connectivity index (χ3n) is 2.86. The normalized spacial score (nSPS) is 10.8. The van der Waals surface area contributed by atoms with Crippen LogP contribution in [-0.2, 0) is 0 Å². The molecule has 0 radical (unpaired) electrons. The van der Waals surface area contributed by atoms with Crippen LogP contribution < -0.4 is 0 Å². The highest BCUT2D eigenvalue weighted by Crippen LogP contribution is 2.32. The molecule has 0 nitrogen and oxygen atoms in total. The Labute approximate surface area is 102 Å². The van der Waals surface area contributed by atoms with Crippen LogP contribution in [0.25, 0.3) is 11.1 Å². The summed E-state index contributed by atoms with van der Waals surface area (Å²) in [6, 6.07) is 3.97. The molecule has 4 heteroatoms. The van der Waals surface area contributed by atoms with E-state index in [1.54, 1.807) is 0 Å². The zero-order chi connectivity index (χ0) is 13.4. The maximum absolute atomic E-state index is 13.9. The van der Waals surface area contributed by atoms with Gasteiger partial charge in [-0.05, 0) is 42.7 Å². The van der Waals surface area contributed by atoms with E-state index in [4.69, 9.17) is 0 Å². The molecule has 0 aliphatic carbocycles. The number of aryl methyl sites for hydroxylation is 1. The van der Waals surface area contributed by atoms with Crippen LogP contribution in [0.4, 0.5) is 17.6 Å². The van der Waals surface area contributed by atoms with E-state index in [2.05, 4.69) is 0 Å². The van der Waals surface area contributed by atoms with Crippen LogP contribution in [0.2, 0.25) is 0 Å². The van der Waals surface area contributed by atoms with Crippen LogP contribution in [0, 0.1) is 37.1 Å². The highest BCUT2D eigenvalue weighted by Gasteiger charge is 2.18. The van der Waals surface area contributed by atoms with Gasteiger partial charge >= 0.3 is 0 Å². The van der Waals surface area contributed by atoms with Crippen LogP contribution in [0.15, 0.2) is 24.3 Å². The van der Waals surface area contributed by atoms with Crippen LogP contribution in [0.5, 0.6) is 0 Å². The molecule has 0 fully saturated rings. The van der Waals surface area contributed by atoms with Crippen molar-refractivity contribution in [3.63, 3.8) is 0 Å². The van der Waals surface area contributed by atoms with Crippen molar-refractivity contribution >= 4 is 0 Å². The molecule has 2 aromatic rings. The maximum atomic E-state index is 13.9. The van der Waals surface area contributed by atoms with Crippen LogP contribution >= 0.6 is 0 Å². The molecule has 0 spiro atoms. The van der Waals surface area contributed by atoms with Gasteiger partial charge in [-0.15, -0.1) is 0 Å². The molecule has 0 bridgehead atoms. The van der Waals surface area contributed by atoms with Gasteiger partial charge in [-0.3, -0.25) is 0 Å². The molecular formula is C14H10F4. The molecular weight excluding hydrogens is 244 g/mol. The lowest BCUT2D eigenvalue weighted by atomic mass is 9.97. The summed E-state index contributed by atoms with van der Waals surface area (Å²) in [4.78, 5) is 0. The average Bonchev–Trinajstić information content (AvgIpc) is 2.30. The Morgan fingerprint density at radius 3 is 2.17 bits per heavy atom. The number of rotatable bonds is 1. The highest BCUT2D eigenvalue weighted by molar-refractivity contribution is 5.69. The third-order valence-corrected chi connectivity index (χ3v) is 2.86. The number of hydrogen-bond donors (Lipinski definition) is 0. The van der Waals surface area contributed by atoms with Gasteiger partial charge in [-0.2, -0.15) is 0 Å². The second-order valence-electron chi connectivity index (χ2n) is 4.11. The molecule has 0 aromatic heterocycles. The van der Waals surface area contributed by atoms with Gasteiger partial charge in [0.05, 0.1) is 5.56 Å². The molecule has 18 heavy (non-hydrogen) atoms. The van der Waals surface area contributed by atoms with E-state index in [1.165, 1.54) is 19.9 Å². The van der Waals surface area contributed by atoms with Gasteiger partial charge in [-0.25, -0.2) is 17.6 Å². The van der Waals surface area contributed by atoms with Gasteiger partial charge in [0.25, 0.3) is 0 Å². The minimum atomic E-state index is -0.867. The van der Waals surface area contributed by atoms with Crippen LogP contribution in [0.1, 0.15) is 11.1 Å². The van der Waals surface area contributed by atoms with E-state index >= 15 is 0 Å². The maximum Gasteiger partial charge on any atom is 0.136 e. The molecule has 0 aliphatic rings. The standard InChI is InChI=1S/C14H10F4/c1-7-3-4-11(16)13(14(7)18)10-5-9(15)6-12(17)8(10)2/h3-6H,1-2H3. The average molecular weight is 254 g/mol. The fourth-order valence-corrected chi connectivity index (χ4v) is 1.81. The third kappa shape index (κ3) is 1.98. The molecule has 0 N–H and O–H groups in total. The Kier molecular flexibility index (Phi) is 3.11. The second-order valence-corrected chi connectivity index (χ2v) is 4.11. The first-order chi connectivity index (χ1) is 8.41. The molecule has 0 saturated heterocycles. The zero-order valence-corrected chi connectivity index (χ0v) is 9.82. The van der Waals surface area contributed by atoms with E-state index in [-0.39, 0.29) is 16.7 Å². The topological polar surface area (TPSA) is 0 Å². The lowest BCUT2D eigenvalue weighted by molar-refractivity contribution is 0.571. The van der Waals surface area contributed by atoms with E-state index < -0.39 is 28.8 Å². The van der Waals surface area contributed by atoms with Crippen molar-refractivity contribution in [3.8, 4) is 11.1 Å². The van der Waals surface area contributed by atoms with Crippen molar-refractivity contribution in [2.24, 2.45) is 0 Å². The Morgan fingerprint density at radius 2 is 1.50 bits per heavy atom. The van der Waals surface area contributed by atoms with Crippen molar-refractivity contribution in [2.45, 2.75) is 13.8 Å². The number of hydrogen-bond acceptors (Lipinski definition) is 0. The van der Waals surface area contributed by atoms with E-state index in [1.807, 2.05) is 0 Å². The van der Waals surface area contributed by atoms with Crippen molar-refractivity contribution in [2.75, 3.05) is 0 Å². The largest absolute Gasteiger partial charge is 0.207 e. The minimum Gasteiger partial charge on any atom is -0.207 e. The predicted octanol–water partition coefficient (Wildman–Crippen LogP) is 4.53. The second kappa shape index (κ2) is 4.44. The molecule has 0 unspecified atom stereocenters. The molecule has 2 aromatic carbocycles. The summed E-state index contributed by atoms with van der Waals surface area (Å²) < 4.78 is 54.2. The first kappa shape index (κ1) is 12.6. The van der Waals surface area contributed by atoms with Crippen LogP contribution in [0.3, 0.4) is 0 Å². The van der Waals surface area contributed by atoms with Gasteiger partial charge in [0.15, 0.2) is 0 Å². The summed E-state index contributed by atoms with van der Waals surface area (Å²) in [5, 5.41) is 0. The van der Waals surface area contributed by atoms with Crippen LogP contribution in [-0.4, -0.2) is 0 Å². The number of benzene rings is 2. The zero-order valence-electron chi connectivity index (χ0n) is 9.82. The predicted molar refractivity (Wildman–Crippen MR) is 61.2 cm³/mol. The summed E-state index contributed by atoms with van der Waals surface area (Å²) in [5.74, 6) is -3.34. The fourth-order valence-electron chi connectivity index (χ4n) is 1.81. The van der Waals surface area contributed by atoms with Gasteiger partial charge in [0.2, 0.25) is 0 Å². The van der Waals surface area contributed by atoms with E-state index in [9.17, 15) is 17.6 Å². The molecule has 2 rings (SSSR count). The highest BCUT2D eigenvalue weighted by atomic mass is 19.1. The van der Waals surface area contributed by atoms with E-state index in [0.29, 0.717) is 6.07 Å². The molecule has 0 atom stereocenters. The lowest BCUT2D eigenvalue weighted by Crippen LogP contribution is -1.98. The summed E-state index contributed by atoms with van der Waals surface area (Å²) in [6.07, 6.45) is 0. The molecule has 0 aliphatic heterocycles. The summed E-state index contributed by atoms with van der Waals surface area (Å²) in [7, 11) is 0. The molecule has 0 saturated carbocycles. The Balaban J connectivity index is 2.81. The smallest absolute Gasteiger partial charge is 0.136 e. The lowest BCUT2D eigenvalue weighted by Gasteiger charge is -2.11. The molecule has 0 amide bonds. The van der Waals surface area contributed by atoms with Gasteiger partial charge in [-0.1, -0.05) is 6.07 Å². The van der Waals surface area contributed by atoms with Gasteiger partial charge in [0.1, 0.15) is 23.3 Å². The fraction of sp³-hybridized carbons (Fsp3) is 0.143. The summed E-state index contributed by atoms with van der Waals surface area (Å²) >= 11 is 0. The number of halogens is 4. The molecule has 94 valence electrons. The van der Waals surface area contributed by atoms with Crippen molar-refractivity contribution in [3.05, 3.63) is 58.7 Å². The summed E-state index contributed by atoms with van der Waals surface area (Å²) in [6.45, 7) is 2.81. The van der Waals surface area contributed by atoms with Gasteiger partial charge < -0.3 is 0 Å². The Morgan fingerprint density at radius 1 is 0.833 bits per heavy atom. The first-order valence-electron chi connectivity index (χ1n) is 5.32. The quantitative estimate of drug-likeness (QED) is 0.656. The van der Waals surface area contributed by atoms with Crippen molar-refractivity contribution < 1.29 is 17.6 Å². The minimum absolute atomic E-state index is 0.0137. The monoisotopic (exact) mass is 254 g/mol. The Bertz CT molecular complexity index is 618. The summed E-state index contributed by atoms with van der Waals surface area (Å²) in [5.41, 5.74) is -0.271. The first-order valence-corrected chi connectivity index (χ1v) is 5.32. The van der Waals surface area contributed by atoms with Crippen molar-refractivity contribution in [1.29, 1.82) is 0 Å². The van der Waals surface area contributed by atoms with E-state index in [0.717, 1.165) is 12.1 Å². The SMILES string of the molecule is Cc1ccc(F)c(-c2cc(F)cc(F)c2C)c1F.